The highest BCUT2D eigenvalue weighted by Gasteiger charge is 2.23. The number of aromatic nitrogens is 3. The fourth-order valence-electron chi connectivity index (χ4n) is 2.40. The minimum absolute atomic E-state index is 0.0528. The van der Waals surface area contributed by atoms with Gasteiger partial charge in [-0.1, -0.05) is 0 Å². The fraction of sp³-hybridized carbons (Fsp3) is 0.333. The quantitative estimate of drug-likeness (QED) is 0.827. The number of nitrogens with zero attached hydrogens (tertiary/aromatic N) is 5. The maximum Gasteiger partial charge on any atom is 0.272 e. The molecule has 0 aromatic carbocycles. The summed E-state index contributed by atoms with van der Waals surface area (Å²) in [5.74, 6) is -0.0528. The second kappa shape index (κ2) is 5.47. The van der Waals surface area contributed by atoms with Gasteiger partial charge in [-0.3, -0.25) is 9.78 Å². The first-order valence-electron chi connectivity index (χ1n) is 6.85. The van der Waals surface area contributed by atoms with Crippen LogP contribution in [0.5, 0.6) is 0 Å². The van der Waals surface area contributed by atoms with E-state index in [0.29, 0.717) is 18.8 Å². The molecule has 1 aliphatic rings. The summed E-state index contributed by atoms with van der Waals surface area (Å²) in [6.45, 7) is 1.19. The number of hydrogen-bond acceptors (Lipinski definition) is 5. The van der Waals surface area contributed by atoms with Gasteiger partial charge in [0.25, 0.3) is 5.91 Å². The molecule has 0 unspecified atom stereocenters. The third kappa shape index (κ3) is 2.69. The number of fused-ring (bicyclic) bond motifs is 1. The molecule has 6 heteroatoms. The van der Waals surface area contributed by atoms with Crippen LogP contribution in [0.1, 0.15) is 21.7 Å². The van der Waals surface area contributed by atoms with Crippen LogP contribution < -0.4 is 4.90 Å². The Morgan fingerprint density at radius 1 is 1.33 bits per heavy atom. The molecule has 0 aliphatic carbocycles. The molecular formula is C15H17N5O. The summed E-state index contributed by atoms with van der Waals surface area (Å²) < 4.78 is 0. The summed E-state index contributed by atoms with van der Waals surface area (Å²) >= 11 is 0. The minimum Gasteiger partial charge on any atom is -0.378 e. The molecule has 0 atom stereocenters. The Labute approximate surface area is 123 Å². The molecule has 0 spiro atoms. The van der Waals surface area contributed by atoms with Crippen molar-refractivity contribution in [1.29, 1.82) is 0 Å². The van der Waals surface area contributed by atoms with Crippen LogP contribution >= 0.6 is 0 Å². The Morgan fingerprint density at radius 3 is 3.00 bits per heavy atom. The highest BCUT2D eigenvalue weighted by molar-refractivity contribution is 5.93. The third-order valence-corrected chi connectivity index (χ3v) is 3.64. The molecular weight excluding hydrogens is 266 g/mol. The Bertz CT molecular complexity index is 671. The molecule has 3 heterocycles. The van der Waals surface area contributed by atoms with Gasteiger partial charge >= 0.3 is 0 Å². The first-order valence-corrected chi connectivity index (χ1v) is 6.85. The van der Waals surface area contributed by atoms with E-state index < -0.39 is 0 Å². The summed E-state index contributed by atoms with van der Waals surface area (Å²) in [5.41, 5.74) is 3.48. The molecule has 108 valence electrons. The Hall–Kier alpha value is -2.50. The minimum atomic E-state index is -0.0528. The molecule has 0 bridgehead atoms. The smallest absolute Gasteiger partial charge is 0.272 e. The van der Waals surface area contributed by atoms with Gasteiger partial charge < -0.3 is 9.80 Å². The van der Waals surface area contributed by atoms with Crippen LogP contribution in [0.2, 0.25) is 0 Å². The highest BCUT2D eigenvalue weighted by atomic mass is 16.2. The van der Waals surface area contributed by atoms with Gasteiger partial charge in [-0.05, 0) is 24.1 Å². The second-order valence-corrected chi connectivity index (χ2v) is 5.27. The molecule has 0 radical (unpaired) electrons. The number of rotatable bonds is 2. The third-order valence-electron chi connectivity index (χ3n) is 3.64. The van der Waals surface area contributed by atoms with E-state index in [4.69, 9.17) is 0 Å². The first kappa shape index (κ1) is 13.5. The number of anilines is 1. The Balaban J connectivity index is 1.82. The summed E-state index contributed by atoms with van der Waals surface area (Å²) in [4.78, 5) is 28.8. The van der Waals surface area contributed by atoms with Crippen molar-refractivity contribution in [3.63, 3.8) is 0 Å². The standard InChI is InChI=1S/C15H17N5O/c1-19(2)12-3-5-17-13(7-12)15(21)20-6-4-11-8-16-10-18-14(11)9-20/h3,5,7-8,10H,4,6,9H2,1-2H3. The van der Waals surface area contributed by atoms with Gasteiger partial charge in [0.1, 0.15) is 12.0 Å². The SMILES string of the molecule is CN(C)c1ccnc(C(=O)N2CCc3cncnc3C2)c1. The van der Waals surface area contributed by atoms with E-state index in [0.717, 1.165) is 23.4 Å². The van der Waals surface area contributed by atoms with Crippen molar-refractivity contribution >= 4 is 11.6 Å². The second-order valence-electron chi connectivity index (χ2n) is 5.27. The average Bonchev–Trinajstić information content (AvgIpc) is 2.53. The van der Waals surface area contributed by atoms with Crippen molar-refractivity contribution in [2.75, 3.05) is 25.5 Å². The highest BCUT2D eigenvalue weighted by Crippen LogP contribution is 2.18. The van der Waals surface area contributed by atoms with E-state index in [1.54, 1.807) is 11.1 Å². The molecule has 3 rings (SSSR count). The van der Waals surface area contributed by atoms with Crippen molar-refractivity contribution in [2.45, 2.75) is 13.0 Å². The zero-order valence-corrected chi connectivity index (χ0v) is 12.2. The Kier molecular flexibility index (Phi) is 3.51. The van der Waals surface area contributed by atoms with Crippen LogP contribution in [0.4, 0.5) is 5.69 Å². The maximum atomic E-state index is 12.6. The van der Waals surface area contributed by atoms with Crippen molar-refractivity contribution in [1.82, 2.24) is 19.9 Å². The lowest BCUT2D eigenvalue weighted by molar-refractivity contribution is 0.0725. The monoisotopic (exact) mass is 283 g/mol. The fourth-order valence-corrected chi connectivity index (χ4v) is 2.40. The zero-order valence-electron chi connectivity index (χ0n) is 12.2. The number of amides is 1. The summed E-state index contributed by atoms with van der Waals surface area (Å²) in [6.07, 6.45) is 5.81. The number of carbonyl (C=O) groups excluding carboxylic acids is 1. The van der Waals surface area contributed by atoms with Crippen LogP contribution in [0.3, 0.4) is 0 Å². The number of pyridine rings is 1. The van der Waals surface area contributed by atoms with Crippen LogP contribution in [-0.4, -0.2) is 46.4 Å². The van der Waals surface area contributed by atoms with Crippen LogP contribution in [0.25, 0.3) is 0 Å². The maximum absolute atomic E-state index is 12.6. The lowest BCUT2D eigenvalue weighted by Crippen LogP contribution is -2.37. The van der Waals surface area contributed by atoms with Crippen LogP contribution in [0, 0.1) is 0 Å². The molecule has 0 saturated heterocycles. The summed E-state index contributed by atoms with van der Waals surface area (Å²) in [7, 11) is 3.88. The molecule has 1 aliphatic heterocycles. The molecule has 0 saturated carbocycles. The zero-order chi connectivity index (χ0) is 14.8. The van der Waals surface area contributed by atoms with E-state index in [1.165, 1.54) is 6.33 Å². The molecule has 1 amide bonds. The molecule has 0 N–H and O–H groups in total. The lowest BCUT2D eigenvalue weighted by Gasteiger charge is -2.27. The van der Waals surface area contributed by atoms with Crippen molar-refractivity contribution < 1.29 is 4.79 Å². The summed E-state index contributed by atoms with van der Waals surface area (Å²) in [6, 6.07) is 3.70. The van der Waals surface area contributed by atoms with E-state index in [9.17, 15) is 4.79 Å². The van der Waals surface area contributed by atoms with Gasteiger partial charge in [0.2, 0.25) is 0 Å². The molecule has 21 heavy (non-hydrogen) atoms. The van der Waals surface area contributed by atoms with E-state index in [-0.39, 0.29) is 5.91 Å². The normalized spacial score (nSPS) is 13.7. The molecule has 2 aromatic heterocycles. The largest absolute Gasteiger partial charge is 0.378 e. The summed E-state index contributed by atoms with van der Waals surface area (Å²) in [5, 5.41) is 0. The van der Waals surface area contributed by atoms with Gasteiger partial charge in [-0.15, -0.1) is 0 Å². The van der Waals surface area contributed by atoms with Gasteiger partial charge in [-0.25, -0.2) is 9.97 Å². The average molecular weight is 283 g/mol. The van der Waals surface area contributed by atoms with Gasteiger partial charge in [0.05, 0.1) is 12.2 Å². The van der Waals surface area contributed by atoms with Crippen LogP contribution in [0.15, 0.2) is 30.9 Å². The predicted molar refractivity (Wildman–Crippen MR) is 79.0 cm³/mol. The topological polar surface area (TPSA) is 62.2 Å². The molecule has 2 aromatic rings. The van der Waals surface area contributed by atoms with E-state index in [2.05, 4.69) is 15.0 Å². The number of carbonyl (C=O) groups is 1. The molecule has 6 nitrogen and oxygen atoms in total. The van der Waals surface area contributed by atoms with Crippen molar-refractivity contribution in [3.8, 4) is 0 Å². The van der Waals surface area contributed by atoms with Crippen molar-refractivity contribution in [3.05, 3.63) is 47.8 Å². The molecule has 0 fully saturated rings. The van der Waals surface area contributed by atoms with E-state index in [1.807, 2.05) is 37.3 Å². The van der Waals surface area contributed by atoms with Gasteiger partial charge in [-0.2, -0.15) is 0 Å². The number of hydrogen-bond donors (Lipinski definition) is 0. The van der Waals surface area contributed by atoms with Gasteiger partial charge in [0.15, 0.2) is 0 Å². The van der Waals surface area contributed by atoms with E-state index >= 15 is 0 Å². The lowest BCUT2D eigenvalue weighted by atomic mass is 10.1. The first-order chi connectivity index (χ1) is 10.1. The Morgan fingerprint density at radius 2 is 2.19 bits per heavy atom. The van der Waals surface area contributed by atoms with Crippen molar-refractivity contribution in [2.24, 2.45) is 0 Å². The van der Waals surface area contributed by atoms with Crippen LogP contribution in [-0.2, 0) is 13.0 Å². The predicted octanol–water partition coefficient (Wildman–Crippen LogP) is 1.14. The van der Waals surface area contributed by atoms with Gasteiger partial charge in [0, 0.05) is 38.7 Å².